The SMILES string of the molecule is CC(C(=O)NCc1ccco1)n1cnc2ccccc21. The van der Waals surface area contributed by atoms with E-state index in [2.05, 4.69) is 10.3 Å². The quantitative estimate of drug-likeness (QED) is 0.791. The van der Waals surface area contributed by atoms with Crippen LogP contribution in [0.15, 0.2) is 53.4 Å². The van der Waals surface area contributed by atoms with Crippen molar-refractivity contribution in [3.63, 3.8) is 0 Å². The Morgan fingerprint density at radius 1 is 1.35 bits per heavy atom. The minimum Gasteiger partial charge on any atom is -0.467 e. The smallest absolute Gasteiger partial charge is 0.243 e. The summed E-state index contributed by atoms with van der Waals surface area (Å²) in [5.41, 5.74) is 1.84. The molecule has 1 atom stereocenters. The van der Waals surface area contributed by atoms with E-state index in [-0.39, 0.29) is 11.9 Å². The summed E-state index contributed by atoms with van der Waals surface area (Å²) in [4.78, 5) is 16.5. The summed E-state index contributed by atoms with van der Waals surface area (Å²) in [5, 5.41) is 2.86. The van der Waals surface area contributed by atoms with Crippen LogP contribution in [0.4, 0.5) is 0 Å². The number of carbonyl (C=O) groups excluding carboxylic acids is 1. The van der Waals surface area contributed by atoms with Gasteiger partial charge in [0.15, 0.2) is 0 Å². The number of nitrogens with one attached hydrogen (secondary N) is 1. The van der Waals surface area contributed by atoms with Gasteiger partial charge in [0.2, 0.25) is 5.91 Å². The van der Waals surface area contributed by atoms with Crippen LogP contribution >= 0.6 is 0 Å². The molecule has 2 heterocycles. The van der Waals surface area contributed by atoms with Gasteiger partial charge in [0.05, 0.1) is 30.2 Å². The third-order valence-electron chi connectivity index (χ3n) is 3.29. The number of aromatic nitrogens is 2. The van der Waals surface area contributed by atoms with Crippen LogP contribution in [0.2, 0.25) is 0 Å². The second-order valence-electron chi connectivity index (χ2n) is 4.61. The number of rotatable bonds is 4. The molecule has 0 spiro atoms. The van der Waals surface area contributed by atoms with Crippen LogP contribution in [-0.4, -0.2) is 15.5 Å². The number of carbonyl (C=O) groups is 1. The number of nitrogens with zero attached hydrogens (tertiary/aromatic N) is 2. The number of imidazole rings is 1. The maximum Gasteiger partial charge on any atom is 0.243 e. The molecule has 0 bridgehead atoms. The third kappa shape index (κ3) is 2.30. The summed E-state index contributed by atoms with van der Waals surface area (Å²) >= 11 is 0. The molecule has 0 radical (unpaired) electrons. The van der Waals surface area contributed by atoms with Gasteiger partial charge in [-0.25, -0.2) is 4.98 Å². The van der Waals surface area contributed by atoms with E-state index in [0.29, 0.717) is 6.54 Å². The van der Waals surface area contributed by atoms with Crippen LogP contribution in [0.5, 0.6) is 0 Å². The second-order valence-corrected chi connectivity index (χ2v) is 4.61. The summed E-state index contributed by atoms with van der Waals surface area (Å²) in [6.45, 7) is 2.24. The Morgan fingerprint density at radius 2 is 2.20 bits per heavy atom. The molecule has 102 valence electrons. The molecule has 5 nitrogen and oxygen atoms in total. The van der Waals surface area contributed by atoms with Gasteiger partial charge in [0.1, 0.15) is 11.8 Å². The predicted molar refractivity (Wildman–Crippen MR) is 75.0 cm³/mol. The molecule has 1 amide bonds. The number of fused-ring (bicyclic) bond motifs is 1. The van der Waals surface area contributed by atoms with E-state index in [1.54, 1.807) is 18.7 Å². The monoisotopic (exact) mass is 269 g/mol. The number of benzene rings is 1. The summed E-state index contributed by atoms with van der Waals surface area (Å²) in [6.07, 6.45) is 3.29. The average molecular weight is 269 g/mol. The van der Waals surface area contributed by atoms with Gasteiger partial charge in [-0.2, -0.15) is 0 Å². The van der Waals surface area contributed by atoms with Crippen LogP contribution < -0.4 is 5.32 Å². The number of furan rings is 1. The average Bonchev–Trinajstić information content (AvgIpc) is 3.13. The summed E-state index contributed by atoms with van der Waals surface area (Å²) in [7, 11) is 0. The molecule has 20 heavy (non-hydrogen) atoms. The minimum absolute atomic E-state index is 0.0652. The molecule has 2 aromatic heterocycles. The van der Waals surface area contributed by atoms with Crippen LogP contribution in [0.3, 0.4) is 0 Å². The Hall–Kier alpha value is -2.56. The van der Waals surface area contributed by atoms with Crippen molar-refractivity contribution >= 4 is 16.9 Å². The van der Waals surface area contributed by atoms with Gasteiger partial charge in [-0.05, 0) is 31.2 Å². The van der Waals surface area contributed by atoms with E-state index in [4.69, 9.17) is 4.42 Å². The van der Waals surface area contributed by atoms with Crippen LogP contribution in [-0.2, 0) is 11.3 Å². The van der Waals surface area contributed by atoms with Crippen LogP contribution in [0.1, 0.15) is 18.7 Å². The zero-order valence-corrected chi connectivity index (χ0v) is 11.1. The van der Waals surface area contributed by atoms with Gasteiger partial charge in [0, 0.05) is 0 Å². The first-order valence-corrected chi connectivity index (χ1v) is 6.47. The van der Waals surface area contributed by atoms with E-state index >= 15 is 0 Å². The third-order valence-corrected chi connectivity index (χ3v) is 3.29. The summed E-state index contributed by atoms with van der Waals surface area (Å²) in [6, 6.07) is 11.1. The van der Waals surface area contributed by atoms with Gasteiger partial charge in [-0.15, -0.1) is 0 Å². The number of hydrogen-bond donors (Lipinski definition) is 1. The second kappa shape index (κ2) is 5.21. The van der Waals surface area contributed by atoms with Gasteiger partial charge < -0.3 is 14.3 Å². The molecule has 0 aliphatic rings. The molecule has 1 N–H and O–H groups in total. The van der Waals surface area contributed by atoms with Crippen molar-refractivity contribution in [2.45, 2.75) is 19.5 Å². The van der Waals surface area contributed by atoms with E-state index in [9.17, 15) is 4.79 Å². The molecular formula is C15H15N3O2. The Bertz CT molecular complexity index is 716. The fraction of sp³-hybridized carbons (Fsp3) is 0.200. The molecule has 0 fully saturated rings. The lowest BCUT2D eigenvalue weighted by Gasteiger charge is -2.14. The molecule has 0 saturated heterocycles. The topological polar surface area (TPSA) is 60.1 Å². The molecule has 0 aliphatic heterocycles. The first-order chi connectivity index (χ1) is 9.75. The van der Waals surface area contributed by atoms with Crippen molar-refractivity contribution in [1.29, 1.82) is 0 Å². The van der Waals surface area contributed by atoms with Gasteiger partial charge in [-0.1, -0.05) is 12.1 Å². The Balaban J connectivity index is 1.74. The zero-order chi connectivity index (χ0) is 13.9. The molecule has 3 rings (SSSR count). The fourth-order valence-corrected chi connectivity index (χ4v) is 2.15. The van der Waals surface area contributed by atoms with E-state index < -0.39 is 0 Å². The Labute approximate surface area is 116 Å². The van der Waals surface area contributed by atoms with Crippen molar-refractivity contribution < 1.29 is 9.21 Å². The lowest BCUT2D eigenvalue weighted by atomic mass is 10.2. The Morgan fingerprint density at radius 3 is 3.00 bits per heavy atom. The van der Waals surface area contributed by atoms with Crippen molar-refractivity contribution in [1.82, 2.24) is 14.9 Å². The van der Waals surface area contributed by atoms with Crippen LogP contribution in [0, 0.1) is 0 Å². The molecule has 1 aromatic carbocycles. The maximum atomic E-state index is 12.2. The minimum atomic E-state index is -0.322. The zero-order valence-electron chi connectivity index (χ0n) is 11.1. The van der Waals surface area contributed by atoms with E-state index in [0.717, 1.165) is 16.8 Å². The highest BCUT2D eigenvalue weighted by molar-refractivity contribution is 5.83. The molecule has 5 heteroatoms. The van der Waals surface area contributed by atoms with E-state index in [1.807, 2.05) is 41.8 Å². The van der Waals surface area contributed by atoms with Crippen LogP contribution in [0.25, 0.3) is 11.0 Å². The van der Waals surface area contributed by atoms with Gasteiger partial charge in [0.25, 0.3) is 0 Å². The van der Waals surface area contributed by atoms with E-state index in [1.165, 1.54) is 0 Å². The Kier molecular flexibility index (Phi) is 3.25. The van der Waals surface area contributed by atoms with Crippen molar-refractivity contribution in [2.24, 2.45) is 0 Å². The number of para-hydroxylation sites is 2. The first kappa shape index (κ1) is 12.5. The standard InChI is InChI=1S/C15H15N3O2/c1-11(15(19)16-9-12-5-4-8-20-12)18-10-17-13-6-2-3-7-14(13)18/h2-8,10-11H,9H2,1H3,(H,16,19). The predicted octanol–water partition coefficient (Wildman–Crippen LogP) is 2.51. The number of amides is 1. The highest BCUT2D eigenvalue weighted by atomic mass is 16.3. The molecule has 0 saturated carbocycles. The maximum absolute atomic E-state index is 12.2. The van der Waals surface area contributed by atoms with Crippen molar-refractivity contribution in [3.05, 3.63) is 54.7 Å². The van der Waals surface area contributed by atoms with Crippen molar-refractivity contribution in [2.75, 3.05) is 0 Å². The summed E-state index contributed by atoms with van der Waals surface area (Å²) in [5.74, 6) is 0.672. The molecule has 3 aromatic rings. The molecule has 0 aliphatic carbocycles. The first-order valence-electron chi connectivity index (χ1n) is 6.47. The normalized spacial score (nSPS) is 12.4. The fourth-order valence-electron chi connectivity index (χ4n) is 2.15. The molecule has 1 unspecified atom stereocenters. The largest absolute Gasteiger partial charge is 0.467 e. The lowest BCUT2D eigenvalue weighted by Crippen LogP contribution is -2.30. The van der Waals surface area contributed by atoms with Crippen molar-refractivity contribution in [3.8, 4) is 0 Å². The van der Waals surface area contributed by atoms with Gasteiger partial charge >= 0.3 is 0 Å². The summed E-state index contributed by atoms with van der Waals surface area (Å²) < 4.78 is 7.06. The van der Waals surface area contributed by atoms with Gasteiger partial charge in [-0.3, -0.25) is 4.79 Å². The lowest BCUT2D eigenvalue weighted by molar-refractivity contribution is -0.124. The molecular weight excluding hydrogens is 254 g/mol. The highest BCUT2D eigenvalue weighted by Gasteiger charge is 2.16. The number of hydrogen-bond acceptors (Lipinski definition) is 3. The highest BCUT2D eigenvalue weighted by Crippen LogP contribution is 2.17.